The van der Waals surface area contributed by atoms with E-state index in [9.17, 15) is 0 Å². The van der Waals surface area contributed by atoms with Crippen LogP contribution in [0.3, 0.4) is 0 Å². The van der Waals surface area contributed by atoms with Gasteiger partial charge in [0.25, 0.3) is 0 Å². The van der Waals surface area contributed by atoms with Crippen LogP contribution in [-0.2, 0) is 0 Å². The summed E-state index contributed by atoms with van der Waals surface area (Å²) in [6.45, 7) is 6.47. The maximum Gasteiger partial charge on any atom is 0.114 e. The van der Waals surface area contributed by atoms with E-state index in [-0.39, 0.29) is 0 Å². The molecule has 0 amide bonds. The Kier molecular flexibility index (Phi) is 3.36. The molecule has 0 saturated carbocycles. The highest BCUT2D eigenvalue weighted by atomic mass is 32.1. The molecule has 0 bridgehead atoms. The SMILES string of the molecule is Cc1ccc(-c2ccc(-c3cc(C)c(C)s3)c3nsnc23)s1. The van der Waals surface area contributed by atoms with Crippen LogP contribution in [0.15, 0.2) is 30.3 Å². The van der Waals surface area contributed by atoms with E-state index in [1.54, 1.807) is 11.3 Å². The monoisotopic (exact) mass is 342 g/mol. The smallest absolute Gasteiger partial charge is 0.114 e. The van der Waals surface area contributed by atoms with Gasteiger partial charge in [0.1, 0.15) is 11.0 Å². The van der Waals surface area contributed by atoms with Crippen molar-refractivity contribution in [2.24, 2.45) is 0 Å². The van der Waals surface area contributed by atoms with Crippen molar-refractivity contribution in [2.75, 3.05) is 0 Å². The maximum absolute atomic E-state index is 4.57. The number of rotatable bonds is 2. The van der Waals surface area contributed by atoms with E-state index in [0.29, 0.717) is 0 Å². The molecule has 4 aromatic rings. The van der Waals surface area contributed by atoms with Crippen LogP contribution in [0.25, 0.3) is 31.9 Å². The highest BCUT2D eigenvalue weighted by Gasteiger charge is 2.15. The normalized spacial score (nSPS) is 11.4. The van der Waals surface area contributed by atoms with Crippen LogP contribution >= 0.6 is 34.4 Å². The molecule has 0 aliphatic heterocycles. The summed E-state index contributed by atoms with van der Waals surface area (Å²) in [6.07, 6.45) is 0. The highest BCUT2D eigenvalue weighted by Crippen LogP contribution is 2.39. The minimum absolute atomic E-state index is 1.02. The van der Waals surface area contributed by atoms with E-state index in [1.807, 2.05) is 11.3 Å². The molecule has 5 heteroatoms. The zero-order chi connectivity index (χ0) is 15.3. The lowest BCUT2D eigenvalue weighted by Gasteiger charge is -2.03. The Morgan fingerprint density at radius 2 is 1.45 bits per heavy atom. The zero-order valence-corrected chi connectivity index (χ0v) is 15.0. The van der Waals surface area contributed by atoms with Crippen molar-refractivity contribution in [1.29, 1.82) is 0 Å². The Bertz CT molecular complexity index is 956. The van der Waals surface area contributed by atoms with Crippen molar-refractivity contribution in [3.05, 3.63) is 45.6 Å². The fourth-order valence-electron chi connectivity index (χ4n) is 2.55. The molecule has 110 valence electrons. The molecule has 0 unspecified atom stereocenters. The molecule has 0 saturated heterocycles. The summed E-state index contributed by atoms with van der Waals surface area (Å²) >= 11 is 4.94. The number of benzene rings is 1. The summed E-state index contributed by atoms with van der Waals surface area (Å²) in [7, 11) is 0. The predicted octanol–water partition coefficient (Wildman–Crippen LogP) is 6.07. The Morgan fingerprint density at radius 1 is 0.773 bits per heavy atom. The third kappa shape index (κ3) is 2.20. The van der Waals surface area contributed by atoms with Gasteiger partial charge < -0.3 is 0 Å². The molecular formula is C17H14N2S3. The lowest BCUT2D eigenvalue weighted by molar-refractivity contribution is 1.44. The average molecular weight is 343 g/mol. The molecule has 0 aliphatic rings. The first-order valence-corrected chi connectivity index (χ1v) is 9.39. The number of hydrogen-bond donors (Lipinski definition) is 0. The summed E-state index contributed by atoms with van der Waals surface area (Å²) < 4.78 is 9.13. The minimum Gasteiger partial charge on any atom is -0.172 e. The second-order valence-electron chi connectivity index (χ2n) is 5.38. The fourth-order valence-corrected chi connectivity index (χ4v) is 5.08. The van der Waals surface area contributed by atoms with Crippen molar-refractivity contribution < 1.29 is 0 Å². The van der Waals surface area contributed by atoms with Gasteiger partial charge >= 0.3 is 0 Å². The number of nitrogens with zero attached hydrogens (tertiary/aromatic N) is 2. The van der Waals surface area contributed by atoms with Gasteiger partial charge in [0.15, 0.2) is 0 Å². The second-order valence-corrected chi connectivity index (χ2v) is 8.45. The molecule has 0 spiro atoms. The van der Waals surface area contributed by atoms with Crippen LogP contribution in [0.1, 0.15) is 15.3 Å². The van der Waals surface area contributed by atoms with E-state index in [1.165, 1.54) is 47.9 Å². The third-order valence-electron chi connectivity index (χ3n) is 3.85. The standard InChI is InChI=1S/C17H14N2S3/c1-9-8-15(21-11(9)3)13-6-5-12(14-7-4-10(2)20-14)16-17(13)19-22-18-16/h4-8H,1-3H3. The molecule has 22 heavy (non-hydrogen) atoms. The highest BCUT2D eigenvalue weighted by molar-refractivity contribution is 7.16. The van der Waals surface area contributed by atoms with Crippen molar-refractivity contribution in [1.82, 2.24) is 8.75 Å². The van der Waals surface area contributed by atoms with Gasteiger partial charge in [-0.2, -0.15) is 8.75 Å². The van der Waals surface area contributed by atoms with Gasteiger partial charge in [-0.3, -0.25) is 0 Å². The van der Waals surface area contributed by atoms with Gasteiger partial charge in [0.05, 0.1) is 11.7 Å². The summed E-state index contributed by atoms with van der Waals surface area (Å²) in [5, 5.41) is 0. The van der Waals surface area contributed by atoms with Crippen molar-refractivity contribution >= 4 is 45.4 Å². The first-order chi connectivity index (χ1) is 10.6. The Labute approximate surface area is 141 Å². The Morgan fingerprint density at radius 3 is 2.00 bits per heavy atom. The second kappa shape index (κ2) is 5.26. The Hall–Kier alpha value is -1.56. The number of fused-ring (bicyclic) bond motifs is 1. The van der Waals surface area contributed by atoms with Gasteiger partial charge in [-0.05, 0) is 44.5 Å². The molecule has 0 N–H and O–H groups in total. The molecule has 3 aromatic heterocycles. The van der Waals surface area contributed by atoms with Crippen LogP contribution < -0.4 is 0 Å². The summed E-state index contributed by atoms with van der Waals surface area (Å²) in [4.78, 5) is 5.23. The number of aryl methyl sites for hydroxylation is 3. The Balaban J connectivity index is 1.95. The molecule has 0 aliphatic carbocycles. The van der Waals surface area contributed by atoms with Crippen molar-refractivity contribution in [3.8, 4) is 20.9 Å². The fraction of sp³-hybridized carbons (Fsp3) is 0.176. The van der Waals surface area contributed by atoms with Crippen LogP contribution in [0.2, 0.25) is 0 Å². The van der Waals surface area contributed by atoms with Gasteiger partial charge in [-0.15, -0.1) is 22.7 Å². The van der Waals surface area contributed by atoms with E-state index in [2.05, 4.69) is 59.9 Å². The van der Waals surface area contributed by atoms with Crippen LogP contribution in [0.5, 0.6) is 0 Å². The van der Waals surface area contributed by atoms with Gasteiger partial charge in [0.2, 0.25) is 0 Å². The first kappa shape index (κ1) is 14.1. The molecule has 0 fully saturated rings. The van der Waals surface area contributed by atoms with E-state index in [0.717, 1.165) is 11.0 Å². The van der Waals surface area contributed by atoms with Gasteiger partial charge in [0, 0.05) is 30.6 Å². The van der Waals surface area contributed by atoms with Gasteiger partial charge in [-0.1, -0.05) is 12.1 Å². The number of hydrogen-bond acceptors (Lipinski definition) is 5. The van der Waals surface area contributed by atoms with E-state index in [4.69, 9.17) is 0 Å². The van der Waals surface area contributed by atoms with E-state index >= 15 is 0 Å². The molecule has 4 rings (SSSR count). The van der Waals surface area contributed by atoms with Crippen molar-refractivity contribution in [2.45, 2.75) is 20.8 Å². The zero-order valence-electron chi connectivity index (χ0n) is 12.5. The molecule has 0 atom stereocenters. The summed E-state index contributed by atoms with van der Waals surface area (Å²) in [5.74, 6) is 0. The maximum atomic E-state index is 4.57. The number of thiophene rings is 2. The van der Waals surface area contributed by atoms with Crippen LogP contribution in [0, 0.1) is 20.8 Å². The lowest BCUT2D eigenvalue weighted by Crippen LogP contribution is -1.81. The van der Waals surface area contributed by atoms with Crippen LogP contribution in [0.4, 0.5) is 0 Å². The molecular weight excluding hydrogens is 328 g/mol. The largest absolute Gasteiger partial charge is 0.172 e. The quantitative estimate of drug-likeness (QED) is 0.441. The van der Waals surface area contributed by atoms with Crippen LogP contribution in [-0.4, -0.2) is 8.75 Å². The van der Waals surface area contributed by atoms with E-state index < -0.39 is 0 Å². The molecule has 3 heterocycles. The first-order valence-electron chi connectivity index (χ1n) is 7.03. The number of aromatic nitrogens is 2. The predicted molar refractivity (Wildman–Crippen MR) is 98.3 cm³/mol. The molecule has 0 radical (unpaired) electrons. The average Bonchev–Trinajstić information content (AvgIpc) is 3.19. The minimum atomic E-state index is 1.02. The third-order valence-corrected chi connectivity index (χ3v) is 6.60. The molecule has 1 aromatic carbocycles. The topological polar surface area (TPSA) is 25.8 Å². The summed E-state index contributed by atoms with van der Waals surface area (Å²) in [6, 6.07) is 11.0. The van der Waals surface area contributed by atoms with Crippen molar-refractivity contribution in [3.63, 3.8) is 0 Å². The summed E-state index contributed by atoms with van der Waals surface area (Å²) in [5.41, 5.74) is 5.77. The molecule has 2 nitrogen and oxygen atoms in total. The van der Waals surface area contributed by atoms with Gasteiger partial charge in [-0.25, -0.2) is 0 Å². The lowest BCUT2D eigenvalue weighted by atomic mass is 10.1.